The van der Waals surface area contributed by atoms with Crippen LogP contribution in [0.5, 0.6) is 11.6 Å². The SMILES string of the molecule is CCC(C)(C)c1cc(NC(=O)NCc2cc(F)ccc2Oc2ccnc(N3CCOCC3)n2)n(-c2ccc(C)cc2)n1. The molecule has 10 nitrogen and oxygen atoms in total. The van der Waals surface area contributed by atoms with E-state index < -0.39 is 11.8 Å². The first-order valence-electron chi connectivity index (χ1n) is 14.1. The third kappa shape index (κ3) is 6.85. The average Bonchev–Trinajstić information content (AvgIpc) is 3.42. The van der Waals surface area contributed by atoms with Crippen LogP contribution in [0.4, 0.5) is 21.0 Å². The van der Waals surface area contributed by atoms with Gasteiger partial charge in [-0.3, -0.25) is 5.32 Å². The van der Waals surface area contributed by atoms with Gasteiger partial charge >= 0.3 is 6.03 Å². The number of hydrogen-bond donors (Lipinski definition) is 2. The molecule has 0 atom stereocenters. The van der Waals surface area contributed by atoms with Crippen LogP contribution in [0.3, 0.4) is 0 Å². The third-order valence-corrected chi connectivity index (χ3v) is 7.39. The number of aromatic nitrogens is 4. The van der Waals surface area contributed by atoms with Crippen molar-refractivity contribution in [2.24, 2.45) is 0 Å². The van der Waals surface area contributed by atoms with Crippen LogP contribution in [0.25, 0.3) is 5.69 Å². The molecule has 1 fully saturated rings. The van der Waals surface area contributed by atoms with E-state index in [9.17, 15) is 9.18 Å². The van der Waals surface area contributed by atoms with Gasteiger partial charge in [0, 0.05) is 48.9 Å². The van der Waals surface area contributed by atoms with Crippen molar-refractivity contribution in [1.82, 2.24) is 25.1 Å². The zero-order valence-corrected chi connectivity index (χ0v) is 24.4. The number of halogens is 1. The highest BCUT2D eigenvalue weighted by molar-refractivity contribution is 5.88. The predicted molar refractivity (Wildman–Crippen MR) is 159 cm³/mol. The van der Waals surface area contributed by atoms with Crippen LogP contribution in [0.2, 0.25) is 0 Å². The molecule has 1 saturated heterocycles. The quantitative estimate of drug-likeness (QED) is 0.263. The van der Waals surface area contributed by atoms with E-state index in [-0.39, 0.29) is 12.0 Å². The molecular formula is C31H36FN7O3. The smallest absolute Gasteiger partial charge is 0.320 e. The van der Waals surface area contributed by atoms with Gasteiger partial charge in [0.05, 0.1) is 24.6 Å². The molecule has 2 aromatic carbocycles. The number of hydrogen-bond acceptors (Lipinski definition) is 7. The number of anilines is 2. The van der Waals surface area contributed by atoms with E-state index in [2.05, 4.69) is 41.4 Å². The van der Waals surface area contributed by atoms with Crippen LogP contribution < -0.4 is 20.3 Å². The second-order valence-electron chi connectivity index (χ2n) is 10.9. The first-order chi connectivity index (χ1) is 20.2. The molecule has 1 aliphatic heterocycles. The van der Waals surface area contributed by atoms with Crippen molar-refractivity contribution in [1.29, 1.82) is 0 Å². The Hall–Kier alpha value is -4.51. The highest BCUT2D eigenvalue weighted by Crippen LogP contribution is 2.30. The zero-order chi connectivity index (χ0) is 29.7. The third-order valence-electron chi connectivity index (χ3n) is 7.39. The average molecular weight is 574 g/mol. The number of nitrogens with one attached hydrogen (secondary N) is 2. The lowest BCUT2D eigenvalue weighted by Gasteiger charge is -2.26. The topological polar surface area (TPSA) is 106 Å². The summed E-state index contributed by atoms with van der Waals surface area (Å²) in [5, 5.41) is 10.6. The summed E-state index contributed by atoms with van der Waals surface area (Å²) in [7, 11) is 0. The maximum absolute atomic E-state index is 14.2. The van der Waals surface area contributed by atoms with E-state index in [1.165, 1.54) is 18.2 Å². The molecular weight excluding hydrogens is 537 g/mol. The maximum atomic E-state index is 14.2. The normalized spacial score (nSPS) is 13.6. The number of nitrogens with zero attached hydrogens (tertiary/aromatic N) is 5. The van der Waals surface area contributed by atoms with Gasteiger partial charge in [0.1, 0.15) is 17.4 Å². The second-order valence-corrected chi connectivity index (χ2v) is 10.9. The molecule has 1 aliphatic rings. The zero-order valence-electron chi connectivity index (χ0n) is 24.4. The van der Waals surface area contributed by atoms with E-state index >= 15 is 0 Å². The fourth-order valence-electron chi connectivity index (χ4n) is 4.40. The van der Waals surface area contributed by atoms with Gasteiger partial charge in [-0.2, -0.15) is 10.1 Å². The summed E-state index contributed by atoms with van der Waals surface area (Å²) in [5.74, 6) is 1.31. The van der Waals surface area contributed by atoms with Crippen molar-refractivity contribution in [2.45, 2.75) is 46.1 Å². The van der Waals surface area contributed by atoms with Crippen LogP contribution in [0, 0.1) is 12.7 Å². The molecule has 3 heterocycles. The van der Waals surface area contributed by atoms with E-state index in [1.54, 1.807) is 16.9 Å². The molecule has 0 spiro atoms. The Morgan fingerprint density at radius 3 is 2.60 bits per heavy atom. The van der Waals surface area contributed by atoms with Crippen LogP contribution in [0.1, 0.15) is 44.0 Å². The fraction of sp³-hybridized carbons (Fsp3) is 0.355. The summed E-state index contributed by atoms with van der Waals surface area (Å²) in [6.07, 6.45) is 2.50. The number of morpholine rings is 1. The monoisotopic (exact) mass is 573 g/mol. The number of rotatable bonds is 9. The Morgan fingerprint density at radius 1 is 1.10 bits per heavy atom. The van der Waals surface area contributed by atoms with Gasteiger partial charge in [0.2, 0.25) is 11.8 Å². The second kappa shape index (κ2) is 12.6. The van der Waals surface area contributed by atoms with Crippen molar-refractivity contribution < 1.29 is 18.7 Å². The first-order valence-corrected chi connectivity index (χ1v) is 14.1. The molecule has 0 saturated carbocycles. The maximum Gasteiger partial charge on any atom is 0.320 e. The number of ether oxygens (including phenoxy) is 2. The van der Waals surface area contributed by atoms with Crippen LogP contribution in [0.15, 0.2) is 60.8 Å². The number of aryl methyl sites for hydroxylation is 1. The van der Waals surface area contributed by atoms with E-state index in [4.69, 9.17) is 14.6 Å². The van der Waals surface area contributed by atoms with E-state index in [0.717, 1.165) is 23.4 Å². The molecule has 0 radical (unpaired) electrons. The Balaban J connectivity index is 1.31. The molecule has 0 aliphatic carbocycles. The van der Waals surface area contributed by atoms with Gasteiger partial charge in [-0.15, -0.1) is 0 Å². The van der Waals surface area contributed by atoms with E-state index in [0.29, 0.717) is 55.3 Å². The van der Waals surface area contributed by atoms with Crippen LogP contribution in [-0.2, 0) is 16.7 Å². The highest BCUT2D eigenvalue weighted by atomic mass is 19.1. The van der Waals surface area contributed by atoms with Crippen molar-refractivity contribution in [3.8, 4) is 17.3 Å². The lowest BCUT2D eigenvalue weighted by atomic mass is 9.87. The van der Waals surface area contributed by atoms with Crippen LogP contribution >= 0.6 is 0 Å². The Kier molecular flexibility index (Phi) is 8.67. The van der Waals surface area contributed by atoms with Gasteiger partial charge in [-0.25, -0.2) is 18.9 Å². The number of amides is 2. The van der Waals surface area contributed by atoms with Gasteiger partial charge in [-0.1, -0.05) is 38.5 Å². The number of carbonyl (C=O) groups is 1. The minimum absolute atomic E-state index is 0.0201. The van der Waals surface area contributed by atoms with Crippen molar-refractivity contribution in [3.05, 3.63) is 83.4 Å². The summed E-state index contributed by atoms with van der Waals surface area (Å²) < 4.78 is 27.4. The molecule has 2 amide bonds. The summed E-state index contributed by atoms with van der Waals surface area (Å²) in [6.45, 7) is 11.0. The molecule has 0 bridgehead atoms. The van der Waals surface area contributed by atoms with Crippen molar-refractivity contribution in [2.75, 3.05) is 36.5 Å². The Labute approximate surface area is 244 Å². The van der Waals surface area contributed by atoms with Crippen molar-refractivity contribution >= 4 is 17.8 Å². The summed E-state index contributed by atoms with van der Waals surface area (Å²) in [5.41, 5.74) is 3.09. The largest absolute Gasteiger partial charge is 0.439 e. The molecule has 5 rings (SSSR count). The van der Waals surface area contributed by atoms with Crippen LogP contribution in [-0.4, -0.2) is 52.1 Å². The minimum atomic E-state index is -0.462. The highest BCUT2D eigenvalue weighted by Gasteiger charge is 2.24. The standard InChI is InChI=1S/C31H36FN7O3/c1-5-31(3,4)26-19-27(39(37-26)24-9-6-21(2)7-10-24)35-30(40)34-20-22-18-23(32)8-11-25(22)42-28-12-13-33-29(36-28)38-14-16-41-17-15-38/h6-13,18-19H,5,14-17,20H2,1-4H3,(H2,34,35,40). The molecule has 2 N–H and O–H groups in total. The lowest BCUT2D eigenvalue weighted by Crippen LogP contribution is -2.37. The minimum Gasteiger partial charge on any atom is -0.439 e. The molecule has 4 aromatic rings. The summed E-state index contributed by atoms with van der Waals surface area (Å²) >= 11 is 0. The lowest BCUT2D eigenvalue weighted by molar-refractivity contribution is 0.122. The van der Waals surface area contributed by atoms with Gasteiger partial charge in [0.25, 0.3) is 0 Å². The Bertz CT molecular complexity index is 1530. The van der Waals surface area contributed by atoms with E-state index in [1.807, 2.05) is 42.2 Å². The molecule has 42 heavy (non-hydrogen) atoms. The summed E-state index contributed by atoms with van der Waals surface area (Å²) in [4.78, 5) is 24.0. The number of benzene rings is 2. The first kappa shape index (κ1) is 29.0. The number of carbonyl (C=O) groups excluding carboxylic acids is 1. The van der Waals surface area contributed by atoms with Gasteiger partial charge < -0.3 is 19.7 Å². The Morgan fingerprint density at radius 2 is 1.86 bits per heavy atom. The van der Waals surface area contributed by atoms with Crippen molar-refractivity contribution in [3.63, 3.8) is 0 Å². The van der Waals surface area contributed by atoms with Gasteiger partial charge in [-0.05, 0) is 43.7 Å². The summed E-state index contributed by atoms with van der Waals surface area (Å²) in [6, 6.07) is 15.1. The fourth-order valence-corrected chi connectivity index (χ4v) is 4.40. The predicted octanol–water partition coefficient (Wildman–Crippen LogP) is 5.75. The molecule has 220 valence electrons. The molecule has 0 unspecified atom stereocenters. The molecule has 2 aromatic heterocycles. The number of urea groups is 1. The van der Waals surface area contributed by atoms with Gasteiger partial charge in [0.15, 0.2) is 0 Å². The molecule has 11 heteroatoms.